The van der Waals surface area contributed by atoms with E-state index in [4.69, 9.17) is 14.5 Å². The first-order chi connectivity index (χ1) is 11.8. The van der Waals surface area contributed by atoms with Crippen LogP contribution >= 0.6 is 24.0 Å². The lowest BCUT2D eigenvalue weighted by Crippen LogP contribution is -2.39. The summed E-state index contributed by atoms with van der Waals surface area (Å²) in [6.07, 6.45) is 4.68. The van der Waals surface area contributed by atoms with E-state index in [1.54, 1.807) is 7.11 Å². The molecule has 1 fully saturated rings. The molecule has 25 heavy (non-hydrogen) atoms. The van der Waals surface area contributed by atoms with Gasteiger partial charge in [0.05, 0.1) is 6.61 Å². The van der Waals surface area contributed by atoms with Gasteiger partial charge in [0, 0.05) is 46.5 Å². The highest BCUT2D eigenvalue weighted by Gasteiger charge is 2.18. The Balaban J connectivity index is 0.00000576. The average Bonchev–Trinajstić information content (AvgIpc) is 2.61. The molecule has 0 aromatic carbocycles. The number of unbranched alkanes of at least 4 members (excludes halogenated alkanes) is 1. The van der Waals surface area contributed by atoms with Gasteiger partial charge in [0.15, 0.2) is 5.96 Å². The minimum Gasteiger partial charge on any atom is -0.383 e. The zero-order chi connectivity index (χ0) is 17.5. The Labute approximate surface area is 171 Å². The second-order valence-electron chi connectivity index (χ2n) is 6.33. The number of likely N-dealkylation sites (tertiary alicyclic amines) is 1. The number of hydrogen-bond acceptors (Lipinski definition) is 4. The molecular weight excluding hydrogens is 431 g/mol. The van der Waals surface area contributed by atoms with Crippen LogP contribution in [0.1, 0.15) is 39.5 Å². The van der Waals surface area contributed by atoms with Gasteiger partial charge in [0.25, 0.3) is 0 Å². The van der Waals surface area contributed by atoms with Crippen molar-refractivity contribution in [3.8, 4) is 0 Å². The molecule has 0 atom stereocenters. The van der Waals surface area contributed by atoms with E-state index >= 15 is 0 Å². The molecule has 0 unspecified atom stereocenters. The molecule has 6 nitrogen and oxygen atoms in total. The summed E-state index contributed by atoms with van der Waals surface area (Å²) in [4.78, 5) is 7.27. The number of rotatable bonds is 12. The molecule has 1 aliphatic heterocycles. The van der Waals surface area contributed by atoms with E-state index in [0.717, 1.165) is 64.8 Å². The number of halogens is 1. The van der Waals surface area contributed by atoms with Crippen LogP contribution < -0.4 is 10.6 Å². The zero-order valence-electron chi connectivity index (χ0n) is 16.4. The fraction of sp³-hybridized carbons (Fsp3) is 0.944. The van der Waals surface area contributed by atoms with Crippen LogP contribution in [-0.4, -0.2) is 77.1 Å². The van der Waals surface area contributed by atoms with Crippen LogP contribution in [0.4, 0.5) is 0 Å². The Hall–Kier alpha value is -0.120. The molecule has 0 aliphatic carbocycles. The minimum absolute atomic E-state index is 0. The standard InChI is InChI=1S/C18H38N4O2.HI/c1-4-19-18(20-10-6-7-14-24-5-2)21-16-17-8-11-22(12-9-17)13-15-23-3;/h17H,4-16H2,1-3H3,(H2,19,20,21);1H. The Morgan fingerprint density at radius 3 is 2.52 bits per heavy atom. The Bertz CT molecular complexity index is 324. The van der Waals surface area contributed by atoms with E-state index in [0.29, 0.717) is 5.92 Å². The molecule has 0 saturated carbocycles. The van der Waals surface area contributed by atoms with Crippen molar-refractivity contribution in [2.45, 2.75) is 39.5 Å². The van der Waals surface area contributed by atoms with Crippen molar-refractivity contribution in [2.75, 3.05) is 66.2 Å². The van der Waals surface area contributed by atoms with Crippen molar-refractivity contribution in [3.05, 3.63) is 0 Å². The summed E-state index contributed by atoms with van der Waals surface area (Å²) in [7, 11) is 1.77. The van der Waals surface area contributed by atoms with E-state index in [9.17, 15) is 0 Å². The third-order valence-corrected chi connectivity index (χ3v) is 4.38. The van der Waals surface area contributed by atoms with Gasteiger partial charge in [-0.05, 0) is 58.5 Å². The Kier molecular flexibility index (Phi) is 17.2. The van der Waals surface area contributed by atoms with Gasteiger partial charge in [-0.2, -0.15) is 0 Å². The molecule has 7 heteroatoms. The van der Waals surface area contributed by atoms with Gasteiger partial charge in [-0.15, -0.1) is 24.0 Å². The molecule has 0 bridgehead atoms. The highest BCUT2D eigenvalue weighted by molar-refractivity contribution is 14.0. The lowest BCUT2D eigenvalue weighted by Gasteiger charge is -2.31. The van der Waals surface area contributed by atoms with E-state index in [-0.39, 0.29) is 24.0 Å². The van der Waals surface area contributed by atoms with Crippen molar-refractivity contribution in [1.29, 1.82) is 0 Å². The monoisotopic (exact) mass is 470 g/mol. The number of nitrogens with one attached hydrogen (secondary N) is 2. The molecule has 0 radical (unpaired) electrons. The minimum atomic E-state index is 0. The third kappa shape index (κ3) is 12.8. The number of nitrogens with zero attached hydrogens (tertiary/aromatic N) is 2. The molecule has 0 spiro atoms. The normalized spacial score (nSPS) is 16.5. The van der Waals surface area contributed by atoms with Gasteiger partial charge in [-0.25, -0.2) is 0 Å². The van der Waals surface area contributed by atoms with E-state index in [1.807, 2.05) is 6.92 Å². The topological polar surface area (TPSA) is 58.1 Å². The smallest absolute Gasteiger partial charge is 0.191 e. The fourth-order valence-corrected chi connectivity index (χ4v) is 2.86. The maximum absolute atomic E-state index is 5.36. The summed E-state index contributed by atoms with van der Waals surface area (Å²) in [5.74, 6) is 1.66. The number of aliphatic imine (C=N–C) groups is 1. The van der Waals surface area contributed by atoms with Crippen molar-refractivity contribution in [3.63, 3.8) is 0 Å². The summed E-state index contributed by atoms with van der Waals surface area (Å²) < 4.78 is 10.5. The second-order valence-corrected chi connectivity index (χ2v) is 6.33. The van der Waals surface area contributed by atoms with Crippen LogP contribution in [0.2, 0.25) is 0 Å². The van der Waals surface area contributed by atoms with Crippen LogP contribution in [0.25, 0.3) is 0 Å². The molecule has 0 aromatic heterocycles. The maximum Gasteiger partial charge on any atom is 0.191 e. The first kappa shape index (κ1) is 24.9. The lowest BCUT2D eigenvalue weighted by molar-refractivity contribution is 0.121. The van der Waals surface area contributed by atoms with E-state index in [2.05, 4.69) is 22.5 Å². The molecule has 0 aromatic rings. The van der Waals surface area contributed by atoms with E-state index < -0.39 is 0 Å². The van der Waals surface area contributed by atoms with Crippen LogP contribution in [0, 0.1) is 5.92 Å². The predicted molar refractivity (Wildman–Crippen MR) is 116 cm³/mol. The summed E-state index contributed by atoms with van der Waals surface area (Å²) in [5, 5.41) is 6.77. The Morgan fingerprint density at radius 2 is 1.88 bits per heavy atom. The number of piperidine rings is 1. The SMILES string of the molecule is CCNC(=NCC1CCN(CCOC)CC1)NCCCCOCC.I. The number of hydrogen-bond donors (Lipinski definition) is 2. The van der Waals surface area contributed by atoms with Gasteiger partial charge in [-0.1, -0.05) is 0 Å². The molecule has 150 valence electrons. The van der Waals surface area contributed by atoms with Gasteiger partial charge in [0.1, 0.15) is 0 Å². The number of methoxy groups -OCH3 is 1. The molecule has 1 saturated heterocycles. The first-order valence-electron chi connectivity index (χ1n) is 9.61. The number of ether oxygens (including phenoxy) is 2. The van der Waals surface area contributed by atoms with Gasteiger partial charge in [0.2, 0.25) is 0 Å². The summed E-state index contributed by atoms with van der Waals surface area (Å²) in [6.45, 7) is 12.8. The highest BCUT2D eigenvalue weighted by atomic mass is 127. The highest BCUT2D eigenvalue weighted by Crippen LogP contribution is 2.17. The second kappa shape index (κ2) is 17.3. The van der Waals surface area contributed by atoms with Crippen LogP contribution in [0.3, 0.4) is 0 Å². The fourth-order valence-electron chi connectivity index (χ4n) is 2.86. The lowest BCUT2D eigenvalue weighted by atomic mass is 9.97. The predicted octanol–water partition coefficient (Wildman–Crippen LogP) is 2.33. The largest absolute Gasteiger partial charge is 0.383 e. The number of guanidine groups is 1. The zero-order valence-corrected chi connectivity index (χ0v) is 18.7. The van der Waals surface area contributed by atoms with Gasteiger partial charge in [-0.3, -0.25) is 4.99 Å². The van der Waals surface area contributed by atoms with Crippen molar-refractivity contribution in [1.82, 2.24) is 15.5 Å². The van der Waals surface area contributed by atoms with Crippen molar-refractivity contribution < 1.29 is 9.47 Å². The van der Waals surface area contributed by atoms with Crippen LogP contribution in [-0.2, 0) is 9.47 Å². The molecular formula is C18H39IN4O2. The summed E-state index contributed by atoms with van der Waals surface area (Å²) >= 11 is 0. The summed E-state index contributed by atoms with van der Waals surface area (Å²) in [6, 6.07) is 0. The quantitative estimate of drug-likeness (QED) is 0.199. The molecule has 2 N–H and O–H groups in total. The van der Waals surface area contributed by atoms with Gasteiger partial charge >= 0.3 is 0 Å². The Morgan fingerprint density at radius 1 is 1.12 bits per heavy atom. The maximum atomic E-state index is 5.36. The first-order valence-corrected chi connectivity index (χ1v) is 9.61. The third-order valence-electron chi connectivity index (χ3n) is 4.38. The molecule has 1 heterocycles. The average molecular weight is 470 g/mol. The van der Waals surface area contributed by atoms with Crippen LogP contribution in [0.5, 0.6) is 0 Å². The van der Waals surface area contributed by atoms with Crippen molar-refractivity contribution in [2.24, 2.45) is 10.9 Å². The summed E-state index contributed by atoms with van der Waals surface area (Å²) in [5.41, 5.74) is 0. The van der Waals surface area contributed by atoms with Crippen molar-refractivity contribution >= 4 is 29.9 Å². The molecule has 1 aliphatic rings. The molecule has 1 rings (SSSR count). The van der Waals surface area contributed by atoms with E-state index in [1.165, 1.54) is 25.9 Å². The van der Waals surface area contributed by atoms with Gasteiger partial charge < -0.3 is 25.0 Å². The molecule has 0 amide bonds. The van der Waals surface area contributed by atoms with Crippen LogP contribution in [0.15, 0.2) is 4.99 Å².